The number of methoxy groups -OCH3 is 1. The molecule has 6 nitrogen and oxygen atoms in total. The summed E-state index contributed by atoms with van der Waals surface area (Å²) in [5.74, 6) is 0.231. The number of anilines is 1. The molecule has 0 spiro atoms. The van der Waals surface area contributed by atoms with Crippen molar-refractivity contribution in [2.45, 2.75) is 19.8 Å². The van der Waals surface area contributed by atoms with Crippen LogP contribution in [-0.4, -0.2) is 43.5 Å². The van der Waals surface area contributed by atoms with Crippen molar-refractivity contribution in [2.24, 2.45) is 5.73 Å². The minimum Gasteiger partial charge on any atom is -0.495 e. The van der Waals surface area contributed by atoms with E-state index in [1.54, 1.807) is 19.2 Å². The summed E-state index contributed by atoms with van der Waals surface area (Å²) in [5, 5.41) is 2.76. The van der Waals surface area contributed by atoms with Crippen molar-refractivity contribution in [1.82, 2.24) is 4.90 Å². The first-order valence-electron chi connectivity index (χ1n) is 7.03. The Bertz CT molecular complexity index is 483. The maximum Gasteiger partial charge on any atom is 0.244 e. The average Bonchev–Trinajstić information content (AvgIpc) is 2.47. The molecule has 0 saturated carbocycles. The van der Waals surface area contributed by atoms with Gasteiger partial charge in [0, 0.05) is 19.5 Å². The Balaban J connectivity index is 0.00000441. The largest absolute Gasteiger partial charge is 0.495 e. The van der Waals surface area contributed by atoms with Crippen molar-refractivity contribution in [3.05, 3.63) is 24.3 Å². The second-order valence-corrected chi connectivity index (χ2v) is 4.60. The van der Waals surface area contributed by atoms with E-state index in [1.165, 1.54) is 4.90 Å². The number of rotatable bonds is 8. The van der Waals surface area contributed by atoms with Crippen LogP contribution in [0.1, 0.15) is 19.8 Å². The van der Waals surface area contributed by atoms with Crippen molar-refractivity contribution < 1.29 is 14.3 Å². The van der Waals surface area contributed by atoms with E-state index in [4.69, 9.17) is 10.5 Å². The number of hydrogen-bond acceptors (Lipinski definition) is 4. The van der Waals surface area contributed by atoms with Gasteiger partial charge in [-0.3, -0.25) is 9.59 Å². The molecule has 0 bridgehead atoms. The number of para-hydroxylation sites is 2. The molecule has 0 unspecified atom stereocenters. The molecule has 0 heterocycles. The Morgan fingerprint density at radius 3 is 2.59 bits per heavy atom. The summed E-state index contributed by atoms with van der Waals surface area (Å²) in [6.45, 7) is 2.80. The molecule has 0 aromatic heterocycles. The number of nitrogens with two attached hydrogens (primary N) is 1. The number of benzene rings is 1. The van der Waals surface area contributed by atoms with Gasteiger partial charge in [-0.15, -0.1) is 12.4 Å². The highest BCUT2D eigenvalue weighted by molar-refractivity contribution is 5.95. The zero-order valence-corrected chi connectivity index (χ0v) is 13.8. The normalized spacial score (nSPS) is 9.59. The van der Waals surface area contributed by atoms with Crippen LogP contribution in [0.15, 0.2) is 24.3 Å². The fourth-order valence-corrected chi connectivity index (χ4v) is 1.95. The number of nitrogens with one attached hydrogen (secondary N) is 1. The lowest BCUT2D eigenvalue weighted by molar-refractivity contribution is -0.134. The van der Waals surface area contributed by atoms with Crippen LogP contribution in [-0.2, 0) is 9.59 Å². The maximum atomic E-state index is 12.1. The summed E-state index contributed by atoms with van der Waals surface area (Å²) in [5.41, 5.74) is 5.98. The molecule has 1 aromatic rings. The summed E-state index contributed by atoms with van der Waals surface area (Å²) < 4.78 is 5.17. The number of carbonyl (C=O) groups excluding carboxylic acids is 2. The quantitative estimate of drug-likeness (QED) is 0.759. The van der Waals surface area contributed by atoms with E-state index in [0.717, 1.165) is 6.42 Å². The summed E-state index contributed by atoms with van der Waals surface area (Å²) in [6.07, 6.45) is 1.04. The predicted molar refractivity (Wildman–Crippen MR) is 89.4 cm³/mol. The zero-order valence-electron chi connectivity index (χ0n) is 13.0. The van der Waals surface area contributed by atoms with E-state index in [2.05, 4.69) is 5.32 Å². The molecule has 3 N–H and O–H groups in total. The first-order chi connectivity index (χ1) is 10.1. The van der Waals surface area contributed by atoms with Crippen LogP contribution in [0, 0.1) is 0 Å². The third-order valence-electron chi connectivity index (χ3n) is 2.92. The van der Waals surface area contributed by atoms with Crippen LogP contribution in [0.2, 0.25) is 0 Å². The summed E-state index contributed by atoms with van der Waals surface area (Å²) >= 11 is 0. The van der Waals surface area contributed by atoms with Gasteiger partial charge in [-0.25, -0.2) is 0 Å². The lowest BCUT2D eigenvalue weighted by atomic mass is 10.2. The second kappa shape index (κ2) is 10.9. The van der Waals surface area contributed by atoms with Crippen LogP contribution in [0.3, 0.4) is 0 Å². The predicted octanol–water partition coefficient (Wildman–Crippen LogP) is 1.64. The zero-order chi connectivity index (χ0) is 15.7. The lowest BCUT2D eigenvalue weighted by Gasteiger charge is -2.21. The molecule has 0 aliphatic carbocycles. The Morgan fingerprint density at radius 2 is 2.00 bits per heavy atom. The Kier molecular flexibility index (Phi) is 9.98. The molecule has 0 radical (unpaired) electrons. The second-order valence-electron chi connectivity index (χ2n) is 4.60. The Morgan fingerprint density at radius 1 is 1.32 bits per heavy atom. The Labute approximate surface area is 137 Å². The number of nitrogens with zero attached hydrogens (tertiary/aromatic N) is 1. The van der Waals surface area contributed by atoms with Gasteiger partial charge in [-0.05, 0) is 18.6 Å². The highest BCUT2D eigenvalue weighted by atomic mass is 35.5. The average molecular weight is 330 g/mol. The standard InChI is InChI=1S/C15H23N3O3.ClH/c1-3-10-18(15(20)8-9-16)11-14(19)17-12-6-4-5-7-13(12)21-2;/h4-7H,3,8-11,16H2,1-2H3,(H,17,19);1H. The molecule has 1 aromatic carbocycles. The van der Waals surface area contributed by atoms with Gasteiger partial charge in [0.05, 0.1) is 19.3 Å². The van der Waals surface area contributed by atoms with Gasteiger partial charge in [0.1, 0.15) is 5.75 Å². The van der Waals surface area contributed by atoms with Crippen molar-refractivity contribution in [2.75, 3.05) is 32.1 Å². The molecule has 0 saturated heterocycles. The smallest absolute Gasteiger partial charge is 0.244 e. The molecule has 0 aliphatic rings. The van der Waals surface area contributed by atoms with Crippen molar-refractivity contribution >= 4 is 29.9 Å². The first kappa shape index (κ1) is 20.2. The van der Waals surface area contributed by atoms with Crippen LogP contribution < -0.4 is 15.8 Å². The number of amides is 2. The van der Waals surface area contributed by atoms with Crippen molar-refractivity contribution in [1.29, 1.82) is 0 Å². The van der Waals surface area contributed by atoms with E-state index >= 15 is 0 Å². The van der Waals surface area contributed by atoms with E-state index < -0.39 is 0 Å². The minimum absolute atomic E-state index is 0. The van der Waals surface area contributed by atoms with Gasteiger partial charge in [-0.2, -0.15) is 0 Å². The molecule has 2 amide bonds. The minimum atomic E-state index is -0.252. The monoisotopic (exact) mass is 329 g/mol. The van der Waals surface area contributed by atoms with E-state index in [-0.39, 0.29) is 43.7 Å². The number of carbonyl (C=O) groups is 2. The van der Waals surface area contributed by atoms with Gasteiger partial charge < -0.3 is 20.7 Å². The van der Waals surface area contributed by atoms with E-state index in [9.17, 15) is 9.59 Å². The molecular weight excluding hydrogens is 306 g/mol. The van der Waals surface area contributed by atoms with E-state index in [0.29, 0.717) is 18.0 Å². The van der Waals surface area contributed by atoms with Crippen LogP contribution >= 0.6 is 12.4 Å². The SMILES string of the molecule is CCCN(CC(=O)Nc1ccccc1OC)C(=O)CCN.Cl. The molecule has 22 heavy (non-hydrogen) atoms. The maximum absolute atomic E-state index is 12.1. The summed E-state index contributed by atoms with van der Waals surface area (Å²) in [4.78, 5) is 25.5. The van der Waals surface area contributed by atoms with Gasteiger partial charge in [0.15, 0.2) is 0 Å². The van der Waals surface area contributed by atoms with Crippen molar-refractivity contribution in [3.8, 4) is 5.75 Å². The van der Waals surface area contributed by atoms with Crippen LogP contribution in [0.5, 0.6) is 5.75 Å². The highest BCUT2D eigenvalue weighted by Gasteiger charge is 2.16. The van der Waals surface area contributed by atoms with Gasteiger partial charge in [0.2, 0.25) is 11.8 Å². The fraction of sp³-hybridized carbons (Fsp3) is 0.467. The molecule has 0 aliphatic heterocycles. The summed E-state index contributed by atoms with van der Waals surface area (Å²) in [7, 11) is 1.54. The summed E-state index contributed by atoms with van der Waals surface area (Å²) in [6, 6.07) is 7.14. The van der Waals surface area contributed by atoms with Gasteiger partial charge in [0.25, 0.3) is 0 Å². The van der Waals surface area contributed by atoms with Crippen molar-refractivity contribution in [3.63, 3.8) is 0 Å². The molecular formula is C15H24ClN3O3. The highest BCUT2D eigenvalue weighted by Crippen LogP contribution is 2.22. The van der Waals surface area contributed by atoms with E-state index in [1.807, 2.05) is 19.1 Å². The number of halogens is 1. The topological polar surface area (TPSA) is 84.7 Å². The molecule has 7 heteroatoms. The molecule has 124 valence electrons. The third-order valence-corrected chi connectivity index (χ3v) is 2.92. The molecule has 0 fully saturated rings. The van der Waals surface area contributed by atoms with Crippen LogP contribution in [0.4, 0.5) is 5.69 Å². The fourth-order valence-electron chi connectivity index (χ4n) is 1.95. The first-order valence-corrected chi connectivity index (χ1v) is 7.03. The molecule has 1 rings (SSSR count). The third kappa shape index (κ3) is 6.32. The molecule has 0 atom stereocenters. The number of hydrogen-bond donors (Lipinski definition) is 2. The number of ether oxygens (including phenoxy) is 1. The lowest BCUT2D eigenvalue weighted by Crippen LogP contribution is -2.39. The van der Waals surface area contributed by atoms with Gasteiger partial charge in [-0.1, -0.05) is 19.1 Å². The Hall–Kier alpha value is -1.79. The van der Waals surface area contributed by atoms with Crippen LogP contribution in [0.25, 0.3) is 0 Å². The van der Waals surface area contributed by atoms with Gasteiger partial charge >= 0.3 is 0 Å².